The highest BCUT2D eigenvalue weighted by Crippen LogP contribution is 2.28. The number of para-hydroxylation sites is 1. The highest BCUT2D eigenvalue weighted by Gasteiger charge is 2.26. The van der Waals surface area contributed by atoms with Crippen LogP contribution in [0.15, 0.2) is 24.3 Å². The van der Waals surface area contributed by atoms with Crippen LogP contribution in [0.1, 0.15) is 25.5 Å². The molecule has 0 spiro atoms. The molecule has 1 atom stereocenters. The normalized spacial score (nSPS) is 17.8. The lowest BCUT2D eigenvalue weighted by atomic mass is 10.1. The van der Waals surface area contributed by atoms with Crippen LogP contribution < -0.4 is 0 Å². The molecular weight excluding hydrogens is 256 g/mol. The summed E-state index contributed by atoms with van der Waals surface area (Å²) in [4.78, 5) is 15.6. The molecule has 110 valence electrons. The zero-order valence-electron chi connectivity index (χ0n) is 12.1. The maximum absolute atomic E-state index is 11.6. The topological polar surface area (TPSA) is 53.0 Å². The molecule has 1 fully saturated rings. The van der Waals surface area contributed by atoms with Gasteiger partial charge in [-0.1, -0.05) is 18.2 Å². The SMILES string of the molecule is CCOC(=O)N1CCN([C@@H](C)c2ccccc2O)CC1. The Bertz CT molecular complexity index is 456. The van der Waals surface area contributed by atoms with Crippen molar-refractivity contribution in [3.8, 4) is 5.75 Å². The third kappa shape index (κ3) is 3.22. The third-order valence-corrected chi connectivity index (χ3v) is 3.77. The number of carbonyl (C=O) groups excluding carboxylic acids is 1. The Morgan fingerprint density at radius 3 is 2.55 bits per heavy atom. The number of amides is 1. The van der Waals surface area contributed by atoms with Crippen molar-refractivity contribution < 1.29 is 14.6 Å². The van der Waals surface area contributed by atoms with Crippen LogP contribution in [0.25, 0.3) is 0 Å². The van der Waals surface area contributed by atoms with E-state index in [0.717, 1.165) is 18.7 Å². The number of rotatable bonds is 3. The molecule has 20 heavy (non-hydrogen) atoms. The van der Waals surface area contributed by atoms with Gasteiger partial charge in [0, 0.05) is 37.8 Å². The van der Waals surface area contributed by atoms with Gasteiger partial charge in [0.05, 0.1) is 6.61 Å². The van der Waals surface area contributed by atoms with Gasteiger partial charge in [-0.15, -0.1) is 0 Å². The van der Waals surface area contributed by atoms with Crippen molar-refractivity contribution in [2.45, 2.75) is 19.9 Å². The fraction of sp³-hybridized carbons (Fsp3) is 0.533. The zero-order valence-corrected chi connectivity index (χ0v) is 12.1. The highest BCUT2D eigenvalue weighted by molar-refractivity contribution is 5.67. The van der Waals surface area contributed by atoms with Gasteiger partial charge >= 0.3 is 6.09 Å². The van der Waals surface area contributed by atoms with Crippen LogP contribution >= 0.6 is 0 Å². The molecule has 2 rings (SSSR count). The van der Waals surface area contributed by atoms with Crippen molar-refractivity contribution in [2.75, 3.05) is 32.8 Å². The molecule has 0 radical (unpaired) electrons. The number of hydrogen-bond acceptors (Lipinski definition) is 4. The van der Waals surface area contributed by atoms with Crippen LogP contribution in [-0.4, -0.2) is 53.8 Å². The molecule has 1 aliphatic rings. The summed E-state index contributed by atoms with van der Waals surface area (Å²) >= 11 is 0. The first-order valence-corrected chi connectivity index (χ1v) is 7.07. The van der Waals surface area contributed by atoms with E-state index in [-0.39, 0.29) is 12.1 Å². The lowest BCUT2D eigenvalue weighted by Gasteiger charge is -2.37. The van der Waals surface area contributed by atoms with Gasteiger partial charge in [0.1, 0.15) is 5.75 Å². The summed E-state index contributed by atoms with van der Waals surface area (Å²) in [7, 11) is 0. The van der Waals surface area contributed by atoms with Crippen LogP contribution in [0.5, 0.6) is 5.75 Å². The first-order chi connectivity index (χ1) is 9.63. The second-order valence-electron chi connectivity index (χ2n) is 4.96. The minimum atomic E-state index is -0.234. The molecule has 5 nitrogen and oxygen atoms in total. The highest BCUT2D eigenvalue weighted by atomic mass is 16.6. The summed E-state index contributed by atoms with van der Waals surface area (Å²) in [5.74, 6) is 0.327. The van der Waals surface area contributed by atoms with Gasteiger partial charge < -0.3 is 14.7 Å². The number of benzene rings is 1. The van der Waals surface area contributed by atoms with Crippen LogP contribution in [-0.2, 0) is 4.74 Å². The van der Waals surface area contributed by atoms with Crippen LogP contribution in [0, 0.1) is 0 Å². The van der Waals surface area contributed by atoms with Crippen molar-refractivity contribution in [1.29, 1.82) is 0 Å². The number of carbonyl (C=O) groups is 1. The molecule has 0 bridgehead atoms. The summed E-state index contributed by atoms with van der Waals surface area (Å²) in [6.07, 6.45) is -0.234. The predicted molar refractivity (Wildman–Crippen MR) is 76.7 cm³/mol. The molecule has 0 aromatic heterocycles. The summed E-state index contributed by atoms with van der Waals surface area (Å²) < 4.78 is 5.01. The van der Waals surface area contributed by atoms with E-state index in [1.54, 1.807) is 11.0 Å². The lowest BCUT2D eigenvalue weighted by Crippen LogP contribution is -2.49. The minimum absolute atomic E-state index is 0.139. The maximum Gasteiger partial charge on any atom is 0.409 e. The Kier molecular flexibility index (Phi) is 4.84. The second kappa shape index (κ2) is 6.61. The molecule has 0 saturated carbocycles. The molecule has 1 heterocycles. The first-order valence-electron chi connectivity index (χ1n) is 7.07. The number of ether oxygens (including phenoxy) is 1. The number of nitrogens with zero attached hydrogens (tertiary/aromatic N) is 2. The molecule has 0 unspecified atom stereocenters. The van der Waals surface area contributed by atoms with Crippen molar-refractivity contribution >= 4 is 6.09 Å². The Morgan fingerprint density at radius 1 is 1.30 bits per heavy atom. The van der Waals surface area contributed by atoms with Gasteiger partial charge in [0.25, 0.3) is 0 Å². The van der Waals surface area contributed by atoms with Crippen LogP contribution in [0.4, 0.5) is 4.79 Å². The molecule has 1 N–H and O–H groups in total. The van der Waals surface area contributed by atoms with Crippen LogP contribution in [0.2, 0.25) is 0 Å². The number of hydrogen-bond donors (Lipinski definition) is 1. The number of aromatic hydroxyl groups is 1. The Labute approximate surface area is 119 Å². The average molecular weight is 278 g/mol. The predicted octanol–water partition coefficient (Wildman–Crippen LogP) is 2.23. The smallest absolute Gasteiger partial charge is 0.409 e. The van der Waals surface area contributed by atoms with Gasteiger partial charge in [-0.2, -0.15) is 0 Å². The standard InChI is InChI=1S/C15H22N2O3/c1-3-20-15(19)17-10-8-16(9-11-17)12(2)13-6-4-5-7-14(13)18/h4-7,12,18H,3,8-11H2,1-2H3/t12-/m0/s1. The number of phenolic OH excluding ortho intramolecular Hbond substituents is 1. The van der Waals surface area contributed by atoms with Crippen molar-refractivity contribution in [2.24, 2.45) is 0 Å². The molecule has 1 aromatic carbocycles. The van der Waals surface area contributed by atoms with Crippen LogP contribution in [0.3, 0.4) is 0 Å². The van der Waals surface area contributed by atoms with E-state index >= 15 is 0 Å². The van der Waals surface area contributed by atoms with Crippen molar-refractivity contribution in [3.05, 3.63) is 29.8 Å². The van der Waals surface area contributed by atoms with E-state index in [2.05, 4.69) is 11.8 Å². The lowest BCUT2D eigenvalue weighted by molar-refractivity contribution is 0.0682. The summed E-state index contributed by atoms with van der Waals surface area (Å²) in [5.41, 5.74) is 0.928. The monoisotopic (exact) mass is 278 g/mol. The largest absolute Gasteiger partial charge is 0.508 e. The van der Waals surface area contributed by atoms with E-state index in [1.807, 2.05) is 25.1 Å². The van der Waals surface area contributed by atoms with Gasteiger partial charge in [-0.3, -0.25) is 4.90 Å². The minimum Gasteiger partial charge on any atom is -0.508 e. The van der Waals surface area contributed by atoms with E-state index in [1.165, 1.54) is 0 Å². The fourth-order valence-corrected chi connectivity index (χ4v) is 2.54. The van der Waals surface area contributed by atoms with Gasteiger partial charge in [-0.05, 0) is 19.9 Å². The molecular formula is C15H22N2O3. The molecule has 1 aliphatic heterocycles. The van der Waals surface area contributed by atoms with Crippen molar-refractivity contribution in [1.82, 2.24) is 9.80 Å². The number of piperazine rings is 1. The summed E-state index contributed by atoms with van der Waals surface area (Å²) in [6.45, 7) is 7.20. The van der Waals surface area contributed by atoms with Gasteiger partial charge in [0.15, 0.2) is 0 Å². The summed E-state index contributed by atoms with van der Waals surface area (Å²) in [6, 6.07) is 7.55. The Hall–Kier alpha value is -1.75. The second-order valence-corrected chi connectivity index (χ2v) is 4.96. The molecule has 5 heteroatoms. The van der Waals surface area contributed by atoms with Gasteiger partial charge in [-0.25, -0.2) is 4.79 Å². The van der Waals surface area contributed by atoms with E-state index < -0.39 is 0 Å². The maximum atomic E-state index is 11.6. The molecule has 1 saturated heterocycles. The van der Waals surface area contributed by atoms with E-state index in [9.17, 15) is 9.90 Å². The first kappa shape index (κ1) is 14.7. The third-order valence-electron chi connectivity index (χ3n) is 3.77. The van der Waals surface area contributed by atoms with Crippen molar-refractivity contribution in [3.63, 3.8) is 0 Å². The molecule has 1 amide bonds. The van der Waals surface area contributed by atoms with E-state index in [0.29, 0.717) is 25.4 Å². The molecule has 1 aromatic rings. The van der Waals surface area contributed by atoms with Gasteiger partial charge in [0.2, 0.25) is 0 Å². The zero-order chi connectivity index (χ0) is 14.5. The average Bonchev–Trinajstić information content (AvgIpc) is 2.47. The number of phenols is 1. The Morgan fingerprint density at radius 2 is 1.95 bits per heavy atom. The Balaban J connectivity index is 1.94. The fourth-order valence-electron chi connectivity index (χ4n) is 2.54. The molecule has 0 aliphatic carbocycles. The quantitative estimate of drug-likeness (QED) is 0.921. The van der Waals surface area contributed by atoms with E-state index in [4.69, 9.17) is 4.74 Å². The summed E-state index contributed by atoms with van der Waals surface area (Å²) in [5, 5.41) is 9.91.